The van der Waals surface area contributed by atoms with E-state index < -0.39 is 0 Å². The van der Waals surface area contributed by atoms with Crippen LogP contribution in [-0.2, 0) is 4.79 Å². The highest BCUT2D eigenvalue weighted by Gasteiger charge is 2.26. The normalized spacial score (nSPS) is 22.2. The van der Waals surface area contributed by atoms with Crippen molar-refractivity contribution in [2.75, 3.05) is 13.6 Å². The number of carbonyl (C=O) groups excluding carboxylic acids is 1. The first kappa shape index (κ1) is 9.46. The molecule has 0 aromatic rings. The first-order chi connectivity index (χ1) is 5.53. The Labute approximate surface area is 74.0 Å². The smallest absolute Gasteiger partial charge is 0.156 e. The van der Waals surface area contributed by atoms with Crippen LogP contribution in [0, 0.1) is 5.41 Å². The molecule has 0 aliphatic heterocycles. The summed E-state index contributed by atoms with van der Waals surface area (Å²) in [5.74, 6) is 0.275. The molecule has 0 amide bonds. The molecule has 0 heterocycles. The molecule has 1 aliphatic carbocycles. The molecule has 0 atom stereocenters. The fourth-order valence-electron chi connectivity index (χ4n) is 1.82. The highest BCUT2D eigenvalue weighted by atomic mass is 16.1. The number of ketones is 1. The summed E-state index contributed by atoms with van der Waals surface area (Å²) in [6.45, 7) is 5.14. The maximum Gasteiger partial charge on any atom is 0.156 e. The molecule has 0 bridgehead atoms. The number of likely N-dealkylation sites (N-methyl/N-ethyl adjacent to an activating group) is 1. The highest BCUT2D eigenvalue weighted by molar-refractivity contribution is 5.91. The lowest BCUT2D eigenvalue weighted by Gasteiger charge is -2.28. The Morgan fingerprint density at radius 1 is 1.50 bits per heavy atom. The van der Waals surface area contributed by atoms with Gasteiger partial charge < -0.3 is 5.32 Å². The lowest BCUT2D eigenvalue weighted by Crippen LogP contribution is -2.25. The van der Waals surface area contributed by atoms with E-state index in [9.17, 15) is 4.79 Å². The Hall–Kier alpha value is -0.630. The van der Waals surface area contributed by atoms with E-state index in [1.165, 1.54) is 5.57 Å². The van der Waals surface area contributed by atoms with Crippen LogP contribution >= 0.6 is 0 Å². The molecule has 0 saturated heterocycles. The number of hydrogen-bond donors (Lipinski definition) is 1. The molecular formula is C10H17NO. The first-order valence-electron chi connectivity index (χ1n) is 4.40. The minimum absolute atomic E-state index is 0.165. The van der Waals surface area contributed by atoms with Crippen LogP contribution in [0.5, 0.6) is 0 Å². The molecule has 0 spiro atoms. The second-order valence-corrected chi connectivity index (χ2v) is 4.32. The molecule has 0 aromatic heterocycles. The van der Waals surface area contributed by atoms with Crippen LogP contribution in [0.2, 0.25) is 0 Å². The van der Waals surface area contributed by atoms with Crippen molar-refractivity contribution >= 4 is 5.78 Å². The van der Waals surface area contributed by atoms with E-state index in [0.29, 0.717) is 6.42 Å². The second kappa shape index (κ2) is 3.40. The van der Waals surface area contributed by atoms with E-state index in [2.05, 4.69) is 19.2 Å². The summed E-state index contributed by atoms with van der Waals surface area (Å²) in [5.41, 5.74) is 1.40. The summed E-state index contributed by atoms with van der Waals surface area (Å²) < 4.78 is 0. The Bertz CT molecular complexity index is 216. The predicted molar refractivity (Wildman–Crippen MR) is 50.0 cm³/mol. The van der Waals surface area contributed by atoms with Gasteiger partial charge in [-0.25, -0.2) is 0 Å². The van der Waals surface area contributed by atoms with Crippen LogP contribution in [0.1, 0.15) is 26.7 Å². The molecule has 1 aliphatic rings. The Morgan fingerprint density at radius 3 is 2.67 bits per heavy atom. The average Bonchev–Trinajstić information content (AvgIpc) is 1.82. The van der Waals surface area contributed by atoms with Crippen LogP contribution < -0.4 is 5.32 Å². The SMILES string of the molecule is CNCC1=CC(=O)CC(C)(C)C1. The van der Waals surface area contributed by atoms with Crippen molar-refractivity contribution in [3.63, 3.8) is 0 Å². The van der Waals surface area contributed by atoms with Crippen molar-refractivity contribution in [1.82, 2.24) is 5.32 Å². The summed E-state index contributed by atoms with van der Waals surface area (Å²) >= 11 is 0. The zero-order chi connectivity index (χ0) is 9.19. The monoisotopic (exact) mass is 167 g/mol. The van der Waals surface area contributed by atoms with Crippen molar-refractivity contribution in [2.24, 2.45) is 5.41 Å². The second-order valence-electron chi connectivity index (χ2n) is 4.32. The Morgan fingerprint density at radius 2 is 2.17 bits per heavy atom. The largest absolute Gasteiger partial charge is 0.316 e. The number of allylic oxidation sites excluding steroid dienone is 1. The minimum atomic E-state index is 0.165. The molecule has 0 fully saturated rings. The van der Waals surface area contributed by atoms with Gasteiger partial charge in [0.05, 0.1) is 0 Å². The standard InChI is InChI=1S/C10H17NO/c1-10(2)5-8(7-11-3)4-9(12)6-10/h4,11H,5-7H2,1-3H3. The Kier molecular flexibility index (Phi) is 2.68. The zero-order valence-corrected chi connectivity index (χ0v) is 8.11. The molecule has 0 radical (unpaired) electrons. The van der Waals surface area contributed by atoms with Crippen LogP contribution in [0.3, 0.4) is 0 Å². The third-order valence-corrected chi connectivity index (χ3v) is 2.13. The van der Waals surface area contributed by atoms with Gasteiger partial charge in [0.25, 0.3) is 0 Å². The van der Waals surface area contributed by atoms with Gasteiger partial charge >= 0.3 is 0 Å². The average molecular weight is 167 g/mol. The van der Waals surface area contributed by atoms with Gasteiger partial charge in [-0.1, -0.05) is 19.4 Å². The van der Waals surface area contributed by atoms with Crippen molar-refractivity contribution in [3.8, 4) is 0 Å². The van der Waals surface area contributed by atoms with Crippen LogP contribution in [0.15, 0.2) is 11.6 Å². The van der Waals surface area contributed by atoms with Crippen LogP contribution in [0.25, 0.3) is 0 Å². The van der Waals surface area contributed by atoms with E-state index in [4.69, 9.17) is 0 Å². The molecule has 0 saturated carbocycles. The third-order valence-electron chi connectivity index (χ3n) is 2.13. The highest BCUT2D eigenvalue weighted by Crippen LogP contribution is 2.32. The van der Waals surface area contributed by atoms with Crippen LogP contribution in [-0.4, -0.2) is 19.4 Å². The predicted octanol–water partition coefficient (Wildman–Crippen LogP) is 1.52. The van der Waals surface area contributed by atoms with E-state index in [-0.39, 0.29) is 11.2 Å². The quantitative estimate of drug-likeness (QED) is 0.675. The van der Waals surface area contributed by atoms with Gasteiger partial charge in [0, 0.05) is 13.0 Å². The van der Waals surface area contributed by atoms with Crippen molar-refractivity contribution in [2.45, 2.75) is 26.7 Å². The van der Waals surface area contributed by atoms with E-state index in [1.54, 1.807) is 6.08 Å². The summed E-state index contributed by atoms with van der Waals surface area (Å²) in [5, 5.41) is 3.08. The minimum Gasteiger partial charge on any atom is -0.316 e. The summed E-state index contributed by atoms with van der Waals surface area (Å²) in [6, 6.07) is 0. The maximum atomic E-state index is 11.3. The molecule has 1 N–H and O–H groups in total. The molecule has 2 heteroatoms. The van der Waals surface area contributed by atoms with E-state index in [0.717, 1.165) is 13.0 Å². The summed E-state index contributed by atoms with van der Waals surface area (Å²) in [4.78, 5) is 11.3. The first-order valence-corrected chi connectivity index (χ1v) is 4.40. The molecule has 2 nitrogen and oxygen atoms in total. The summed E-state index contributed by atoms with van der Waals surface area (Å²) in [6.07, 6.45) is 3.53. The number of hydrogen-bond acceptors (Lipinski definition) is 2. The van der Waals surface area contributed by atoms with Gasteiger partial charge in [-0.05, 0) is 25.0 Å². The lowest BCUT2D eigenvalue weighted by molar-refractivity contribution is -0.117. The molecular weight excluding hydrogens is 150 g/mol. The Balaban J connectivity index is 2.69. The van der Waals surface area contributed by atoms with Gasteiger partial charge in [0.15, 0.2) is 5.78 Å². The van der Waals surface area contributed by atoms with Gasteiger partial charge in [0.2, 0.25) is 0 Å². The molecule has 0 unspecified atom stereocenters. The topological polar surface area (TPSA) is 29.1 Å². The molecule has 0 aromatic carbocycles. The third kappa shape index (κ3) is 2.45. The van der Waals surface area contributed by atoms with Crippen LogP contribution in [0.4, 0.5) is 0 Å². The van der Waals surface area contributed by atoms with Gasteiger partial charge in [0.1, 0.15) is 0 Å². The molecule has 68 valence electrons. The van der Waals surface area contributed by atoms with E-state index in [1.807, 2.05) is 7.05 Å². The molecule has 12 heavy (non-hydrogen) atoms. The van der Waals surface area contributed by atoms with E-state index >= 15 is 0 Å². The summed E-state index contributed by atoms with van der Waals surface area (Å²) in [7, 11) is 1.91. The van der Waals surface area contributed by atoms with Crippen molar-refractivity contribution in [3.05, 3.63) is 11.6 Å². The number of rotatable bonds is 2. The fourth-order valence-corrected chi connectivity index (χ4v) is 1.82. The maximum absolute atomic E-state index is 11.3. The van der Waals surface area contributed by atoms with Gasteiger partial charge in [-0.3, -0.25) is 4.79 Å². The molecule has 1 rings (SSSR count). The fraction of sp³-hybridized carbons (Fsp3) is 0.700. The van der Waals surface area contributed by atoms with Crippen molar-refractivity contribution < 1.29 is 4.79 Å². The number of nitrogens with one attached hydrogen (secondary N) is 1. The zero-order valence-electron chi connectivity index (χ0n) is 8.11. The van der Waals surface area contributed by atoms with Crippen molar-refractivity contribution in [1.29, 1.82) is 0 Å². The van der Waals surface area contributed by atoms with Gasteiger partial charge in [-0.15, -0.1) is 0 Å². The van der Waals surface area contributed by atoms with Gasteiger partial charge in [-0.2, -0.15) is 0 Å². The lowest BCUT2D eigenvalue weighted by atomic mass is 9.77. The number of carbonyl (C=O) groups is 1.